The minimum absolute atomic E-state index is 0.171. The third kappa shape index (κ3) is 4.92. The van der Waals surface area contributed by atoms with E-state index in [2.05, 4.69) is 30.9 Å². The Morgan fingerprint density at radius 3 is 2.73 bits per heavy atom. The van der Waals surface area contributed by atoms with E-state index < -0.39 is 24.3 Å². The zero-order valence-corrected chi connectivity index (χ0v) is 21.2. The van der Waals surface area contributed by atoms with Crippen molar-refractivity contribution in [2.45, 2.75) is 50.6 Å². The number of amides is 1. The second kappa shape index (κ2) is 9.66. The first kappa shape index (κ1) is 25.6. The summed E-state index contributed by atoms with van der Waals surface area (Å²) in [6, 6.07) is 8.60. The Morgan fingerprint density at radius 1 is 1.19 bits per heavy atom. The van der Waals surface area contributed by atoms with Crippen LogP contribution in [0.25, 0.3) is 21.9 Å². The predicted octanol–water partition coefficient (Wildman–Crippen LogP) is 4.47. The van der Waals surface area contributed by atoms with Gasteiger partial charge in [0.25, 0.3) is 0 Å². The largest absolute Gasteiger partial charge is 0.471 e. The highest BCUT2D eigenvalue weighted by atomic mass is 79.9. The van der Waals surface area contributed by atoms with Gasteiger partial charge in [-0.2, -0.15) is 13.2 Å². The number of anilines is 1. The minimum atomic E-state index is -5.03. The summed E-state index contributed by atoms with van der Waals surface area (Å²) >= 11 is 3.15. The zero-order chi connectivity index (χ0) is 26.5. The van der Waals surface area contributed by atoms with E-state index in [9.17, 15) is 28.2 Å². The number of fused-ring (bicyclic) bond motifs is 2. The highest BCUT2D eigenvalue weighted by Gasteiger charge is 2.42. The van der Waals surface area contributed by atoms with E-state index >= 15 is 0 Å². The summed E-state index contributed by atoms with van der Waals surface area (Å²) < 4.78 is 40.1. The molecule has 3 N–H and O–H groups in total. The third-order valence-corrected chi connectivity index (χ3v) is 7.57. The van der Waals surface area contributed by atoms with Gasteiger partial charge < -0.3 is 20.1 Å². The van der Waals surface area contributed by atoms with Gasteiger partial charge in [-0.3, -0.25) is 4.79 Å². The van der Waals surface area contributed by atoms with Crippen molar-refractivity contribution in [3.8, 4) is 0 Å². The van der Waals surface area contributed by atoms with Crippen LogP contribution in [0, 0.1) is 12.8 Å². The maximum absolute atomic E-state index is 12.7. The molecule has 1 amide bonds. The molecule has 1 aliphatic carbocycles. The minimum Gasteiger partial charge on any atom is -0.390 e. The molecule has 0 aliphatic heterocycles. The van der Waals surface area contributed by atoms with Crippen LogP contribution in [-0.2, 0) is 11.2 Å². The highest BCUT2D eigenvalue weighted by molar-refractivity contribution is 9.10. The van der Waals surface area contributed by atoms with Crippen LogP contribution in [0.15, 0.2) is 47.3 Å². The molecule has 12 heteroatoms. The lowest BCUT2D eigenvalue weighted by Crippen LogP contribution is -2.30. The molecular weight excluding hydrogens is 555 g/mol. The number of hydrogen-bond donors (Lipinski definition) is 3. The van der Waals surface area contributed by atoms with Crippen molar-refractivity contribution >= 4 is 49.6 Å². The van der Waals surface area contributed by atoms with Crippen molar-refractivity contribution in [1.29, 1.82) is 0 Å². The third-order valence-electron chi connectivity index (χ3n) is 6.97. The second-order valence-corrected chi connectivity index (χ2v) is 10.2. The van der Waals surface area contributed by atoms with Crippen molar-refractivity contribution in [3.63, 3.8) is 0 Å². The molecule has 3 aromatic heterocycles. The Hall–Kier alpha value is -3.09. The number of aliphatic hydroxyl groups is 2. The molecule has 5 rings (SSSR count). The Bertz CT molecular complexity index is 1490. The Kier molecular flexibility index (Phi) is 6.67. The monoisotopic (exact) mass is 577 g/mol. The van der Waals surface area contributed by atoms with Gasteiger partial charge in [-0.1, -0.05) is 12.1 Å². The second-order valence-electron chi connectivity index (χ2n) is 9.30. The maximum Gasteiger partial charge on any atom is 0.471 e. The summed E-state index contributed by atoms with van der Waals surface area (Å²) in [5, 5.41) is 25.0. The van der Waals surface area contributed by atoms with Crippen LogP contribution in [0.5, 0.6) is 0 Å². The van der Waals surface area contributed by atoms with Crippen molar-refractivity contribution in [2.24, 2.45) is 5.92 Å². The van der Waals surface area contributed by atoms with Gasteiger partial charge in [-0.05, 0) is 71.8 Å². The van der Waals surface area contributed by atoms with Gasteiger partial charge in [0.15, 0.2) is 0 Å². The van der Waals surface area contributed by atoms with Crippen LogP contribution in [0.1, 0.15) is 30.1 Å². The number of carbonyl (C=O) groups excluding carboxylic acids is 1. The number of carbonyl (C=O) groups is 1. The Labute approximate surface area is 217 Å². The molecule has 1 aliphatic rings. The number of halogens is 4. The van der Waals surface area contributed by atoms with E-state index in [1.165, 1.54) is 6.33 Å². The molecule has 194 valence electrons. The molecule has 37 heavy (non-hydrogen) atoms. The number of alkyl halides is 3. The fourth-order valence-electron chi connectivity index (χ4n) is 4.99. The number of aliphatic hydroxyl groups excluding tert-OH is 2. The van der Waals surface area contributed by atoms with Gasteiger partial charge in [-0.25, -0.2) is 15.0 Å². The van der Waals surface area contributed by atoms with Gasteiger partial charge in [-0.15, -0.1) is 0 Å². The molecule has 0 radical (unpaired) electrons. The molecule has 8 nitrogen and oxygen atoms in total. The summed E-state index contributed by atoms with van der Waals surface area (Å²) in [4.78, 5) is 24.1. The van der Waals surface area contributed by atoms with Crippen LogP contribution >= 0.6 is 15.9 Å². The van der Waals surface area contributed by atoms with E-state index in [-0.39, 0.29) is 22.3 Å². The molecule has 0 saturated heterocycles. The average Bonchev–Trinajstić information content (AvgIpc) is 3.39. The van der Waals surface area contributed by atoms with E-state index in [1.807, 2.05) is 29.8 Å². The van der Waals surface area contributed by atoms with Crippen LogP contribution in [0.3, 0.4) is 0 Å². The quantitative estimate of drug-likeness (QED) is 0.322. The molecule has 3 heterocycles. The fourth-order valence-corrected chi connectivity index (χ4v) is 5.42. The summed E-state index contributed by atoms with van der Waals surface area (Å²) in [7, 11) is 0. The molecule has 0 unspecified atom stereocenters. The van der Waals surface area contributed by atoms with Crippen molar-refractivity contribution < 1.29 is 28.2 Å². The van der Waals surface area contributed by atoms with Gasteiger partial charge in [0.2, 0.25) is 0 Å². The first-order valence-electron chi connectivity index (χ1n) is 11.6. The van der Waals surface area contributed by atoms with Crippen molar-refractivity contribution in [3.05, 3.63) is 58.6 Å². The number of rotatable bonds is 5. The predicted molar refractivity (Wildman–Crippen MR) is 134 cm³/mol. The standard InChI is InChI=1S/C25H23BrF3N5O3/c1-12-16-6-7-34(23(16)31-11-30-12)19-10-15(20(35)21(19)36)5-3-13-2-4-14-9-17(26)22(32-18(14)8-13)33-24(37)25(27,28)29/h2,4,6-9,11,15,19-21,35-36H,3,5,10H2,1H3,(H,32,33,37)/t15-,19+,20+,21-/m0/s1. The molecule has 1 fully saturated rings. The fraction of sp³-hybridized carbons (Fsp3) is 0.360. The number of hydrogen-bond acceptors (Lipinski definition) is 6. The average molecular weight is 578 g/mol. The van der Waals surface area contributed by atoms with E-state index in [4.69, 9.17) is 0 Å². The summed E-state index contributed by atoms with van der Waals surface area (Å²) in [6.45, 7) is 1.89. The van der Waals surface area contributed by atoms with Gasteiger partial charge in [0.1, 0.15) is 23.9 Å². The van der Waals surface area contributed by atoms with Gasteiger partial charge >= 0.3 is 12.1 Å². The van der Waals surface area contributed by atoms with E-state index in [0.717, 1.165) is 16.6 Å². The number of aromatic nitrogens is 4. The molecule has 0 bridgehead atoms. The normalized spacial score (nSPS) is 22.1. The first-order chi connectivity index (χ1) is 17.5. The van der Waals surface area contributed by atoms with Crippen molar-refractivity contribution in [2.75, 3.05) is 5.32 Å². The molecule has 4 atom stereocenters. The highest BCUT2D eigenvalue weighted by Crippen LogP contribution is 2.39. The zero-order valence-electron chi connectivity index (χ0n) is 19.6. The van der Waals surface area contributed by atoms with Gasteiger partial charge in [0, 0.05) is 17.0 Å². The Morgan fingerprint density at radius 2 is 1.97 bits per heavy atom. The molecule has 1 aromatic carbocycles. The van der Waals surface area contributed by atoms with E-state index in [0.29, 0.717) is 35.8 Å². The number of aryl methyl sites for hydroxylation is 2. The Balaban J connectivity index is 1.32. The number of nitrogens with one attached hydrogen (secondary N) is 1. The lowest BCUT2D eigenvalue weighted by atomic mass is 9.95. The maximum atomic E-state index is 12.7. The molecular formula is C25H23BrF3N5O3. The number of pyridine rings is 1. The topological polar surface area (TPSA) is 113 Å². The van der Waals surface area contributed by atoms with Crippen LogP contribution in [0.4, 0.5) is 19.0 Å². The molecule has 1 saturated carbocycles. The van der Waals surface area contributed by atoms with Crippen LogP contribution in [0.2, 0.25) is 0 Å². The summed E-state index contributed by atoms with van der Waals surface area (Å²) in [5.74, 6) is -2.49. The lowest BCUT2D eigenvalue weighted by molar-refractivity contribution is -0.167. The van der Waals surface area contributed by atoms with E-state index in [1.54, 1.807) is 23.5 Å². The van der Waals surface area contributed by atoms with Gasteiger partial charge in [0.05, 0.1) is 27.8 Å². The van der Waals surface area contributed by atoms with Crippen molar-refractivity contribution in [1.82, 2.24) is 19.5 Å². The number of nitrogens with zero attached hydrogens (tertiary/aromatic N) is 4. The smallest absolute Gasteiger partial charge is 0.390 e. The molecule has 0 spiro atoms. The lowest BCUT2D eigenvalue weighted by Gasteiger charge is -2.19. The van der Waals surface area contributed by atoms with Crippen LogP contribution < -0.4 is 5.32 Å². The summed E-state index contributed by atoms with van der Waals surface area (Å²) in [6.07, 6.45) is -1.85. The number of benzene rings is 1. The van der Waals surface area contributed by atoms with Crippen LogP contribution in [-0.4, -0.2) is 54.0 Å². The SMILES string of the molecule is Cc1ncnc2c1ccn2[C@@H]1C[C@H](CCc2ccc3cc(Br)c(NC(=O)C(F)(F)F)nc3c2)[C@@H](O)[C@H]1O. The first-order valence-corrected chi connectivity index (χ1v) is 12.4. The molecule has 4 aromatic rings. The summed E-state index contributed by atoms with van der Waals surface area (Å²) in [5.41, 5.74) is 2.85.